The van der Waals surface area contributed by atoms with Crippen molar-refractivity contribution in [3.05, 3.63) is 0 Å². The van der Waals surface area contributed by atoms with Crippen LogP contribution in [0, 0.1) is 0 Å². The zero-order valence-electron chi connectivity index (χ0n) is 4.27. The van der Waals surface area contributed by atoms with Crippen molar-refractivity contribution < 1.29 is 32.3 Å². The molecule has 0 aromatic carbocycles. The van der Waals surface area contributed by atoms with Crippen LogP contribution in [0.5, 0.6) is 0 Å². The van der Waals surface area contributed by atoms with Gasteiger partial charge in [0, 0.05) is 0 Å². The van der Waals surface area contributed by atoms with Crippen molar-refractivity contribution in [2.75, 3.05) is 20.8 Å². The molecule has 0 aromatic heterocycles. The van der Waals surface area contributed by atoms with E-state index in [1.807, 2.05) is 19.0 Å². The summed E-state index contributed by atoms with van der Waals surface area (Å²) in [4.78, 5) is 1.88. The van der Waals surface area contributed by atoms with Crippen molar-refractivity contribution >= 4 is 0 Å². The van der Waals surface area contributed by atoms with Gasteiger partial charge in [-0.05, 0) is 0 Å². The number of nitrogens with zero attached hydrogens (tertiary/aromatic N) is 1. The SMILES string of the molecule is CN(C)C[O][Co+].[Cl-]. The Morgan fingerprint density at radius 1 is 1.57 bits per heavy atom. The van der Waals surface area contributed by atoms with Crippen molar-refractivity contribution in [3.63, 3.8) is 0 Å². The minimum Gasteiger partial charge on any atom is -1.00 e. The fourth-order valence-electron chi connectivity index (χ4n) is 0.0861. The summed E-state index contributed by atoms with van der Waals surface area (Å²) in [5.41, 5.74) is 0. The third-order valence-electron chi connectivity index (χ3n) is 0.301. The van der Waals surface area contributed by atoms with Gasteiger partial charge in [0.1, 0.15) is 0 Å². The van der Waals surface area contributed by atoms with Crippen molar-refractivity contribution in [1.29, 1.82) is 0 Å². The number of hydrogen-bond donors (Lipinski definition) is 0. The van der Waals surface area contributed by atoms with Crippen LogP contribution < -0.4 is 12.4 Å². The maximum atomic E-state index is 4.42. The summed E-state index contributed by atoms with van der Waals surface area (Å²) >= 11 is 3.56. The van der Waals surface area contributed by atoms with Gasteiger partial charge in [0.05, 0.1) is 0 Å². The van der Waals surface area contributed by atoms with E-state index in [1.54, 1.807) is 0 Å². The predicted octanol–water partition coefficient (Wildman–Crippen LogP) is -3.01. The van der Waals surface area contributed by atoms with Gasteiger partial charge in [0.2, 0.25) is 0 Å². The number of rotatable bonds is 2. The molecular weight excluding hydrogens is 160 g/mol. The maximum absolute atomic E-state index is 4.42. The summed E-state index contributed by atoms with van der Waals surface area (Å²) in [6.45, 7) is 0.569. The second kappa shape index (κ2) is 6.72. The van der Waals surface area contributed by atoms with E-state index in [0.29, 0.717) is 6.73 Å². The van der Waals surface area contributed by atoms with Crippen molar-refractivity contribution in [2.45, 2.75) is 0 Å². The fourth-order valence-corrected chi connectivity index (χ4v) is 0.355. The summed E-state index contributed by atoms with van der Waals surface area (Å²) in [6, 6.07) is 0. The van der Waals surface area contributed by atoms with Crippen molar-refractivity contribution in [2.24, 2.45) is 0 Å². The Morgan fingerprint density at radius 2 is 2.00 bits per heavy atom. The zero-order chi connectivity index (χ0) is 4.99. The van der Waals surface area contributed by atoms with Gasteiger partial charge in [0.25, 0.3) is 0 Å². The Balaban J connectivity index is 0. The molecule has 47 valence electrons. The molecule has 0 bridgehead atoms. The van der Waals surface area contributed by atoms with Gasteiger partial charge in [-0.3, -0.25) is 0 Å². The number of halogens is 1. The molecule has 0 unspecified atom stereocenters. The molecule has 7 heavy (non-hydrogen) atoms. The van der Waals surface area contributed by atoms with Gasteiger partial charge < -0.3 is 12.4 Å². The maximum Gasteiger partial charge on any atom is -1.00 e. The Morgan fingerprint density at radius 3 is 2.00 bits per heavy atom. The van der Waals surface area contributed by atoms with Crippen LogP contribution >= 0.6 is 0 Å². The molecule has 0 spiro atoms. The first kappa shape index (κ1) is 10.7. The molecule has 0 amide bonds. The smallest absolute Gasteiger partial charge is 1.00 e. The van der Waals surface area contributed by atoms with E-state index >= 15 is 0 Å². The van der Waals surface area contributed by atoms with Crippen molar-refractivity contribution in [3.8, 4) is 0 Å². The molecule has 0 aliphatic carbocycles. The molecule has 0 aromatic rings. The summed E-state index contributed by atoms with van der Waals surface area (Å²) in [5.74, 6) is 0. The average Bonchev–Trinajstić information content (AvgIpc) is 1.35. The first-order valence-corrected chi connectivity index (χ1v) is 2.06. The second-order valence-corrected chi connectivity index (χ2v) is 1.61. The quantitative estimate of drug-likeness (QED) is 0.407. The minimum atomic E-state index is 0. The summed E-state index contributed by atoms with van der Waals surface area (Å²) < 4.78 is 4.42. The molecule has 0 fully saturated rings. The molecule has 0 saturated heterocycles. The zero-order valence-corrected chi connectivity index (χ0v) is 6.07. The normalized spacial score (nSPS) is 8.57. The van der Waals surface area contributed by atoms with Gasteiger partial charge in [0.15, 0.2) is 0 Å². The Kier molecular flexibility index (Phi) is 10.2. The van der Waals surface area contributed by atoms with Crippen molar-refractivity contribution in [1.82, 2.24) is 4.90 Å². The van der Waals surface area contributed by atoms with Gasteiger partial charge >= 0.3 is 45.6 Å². The molecule has 0 rings (SSSR count). The molecule has 4 heteroatoms. The molecule has 0 atom stereocenters. The van der Waals surface area contributed by atoms with Crippen LogP contribution in [0.4, 0.5) is 0 Å². The second-order valence-electron chi connectivity index (χ2n) is 1.30. The van der Waals surface area contributed by atoms with Crippen LogP contribution in [0.25, 0.3) is 0 Å². The van der Waals surface area contributed by atoms with Crippen LogP contribution in [-0.2, 0) is 19.9 Å². The standard InChI is InChI=1S/C3H8NO.ClH.Co/c1-4(2)3-5;;/h3H2,1-2H3;1H;/q-1;;+2/p-1. The molecular formula is C3H8ClCoNO. The van der Waals surface area contributed by atoms with E-state index in [1.165, 1.54) is 0 Å². The van der Waals surface area contributed by atoms with Crippen LogP contribution in [0.3, 0.4) is 0 Å². The van der Waals surface area contributed by atoms with Gasteiger partial charge in [-0.1, -0.05) is 0 Å². The van der Waals surface area contributed by atoms with E-state index in [2.05, 4.69) is 19.9 Å². The third kappa shape index (κ3) is 10.8. The Bertz CT molecular complexity index is 36.1. The first-order valence-electron chi connectivity index (χ1n) is 1.64. The molecule has 0 N–H and O–H groups in total. The van der Waals surface area contributed by atoms with Crippen LogP contribution in [-0.4, -0.2) is 25.7 Å². The van der Waals surface area contributed by atoms with Crippen LogP contribution in [0.1, 0.15) is 0 Å². The van der Waals surface area contributed by atoms with Gasteiger partial charge in [-0.25, -0.2) is 0 Å². The van der Waals surface area contributed by atoms with Gasteiger partial charge in [-0.15, -0.1) is 0 Å². The molecule has 2 nitrogen and oxygen atoms in total. The number of hydrogen-bond acceptors (Lipinski definition) is 2. The molecule has 0 saturated carbocycles. The van der Waals surface area contributed by atoms with E-state index in [-0.39, 0.29) is 12.4 Å². The topological polar surface area (TPSA) is 12.5 Å². The third-order valence-corrected chi connectivity index (χ3v) is 0.436. The molecule has 0 heterocycles. The van der Waals surface area contributed by atoms with E-state index in [0.717, 1.165) is 0 Å². The Labute approximate surface area is 58.5 Å². The Hall–Kier alpha value is 0.716. The van der Waals surface area contributed by atoms with E-state index < -0.39 is 0 Å². The van der Waals surface area contributed by atoms with Crippen LogP contribution in [0.2, 0.25) is 0 Å². The summed E-state index contributed by atoms with van der Waals surface area (Å²) in [6.07, 6.45) is 0. The molecule has 0 radical (unpaired) electrons. The summed E-state index contributed by atoms with van der Waals surface area (Å²) in [7, 11) is 3.82. The van der Waals surface area contributed by atoms with E-state index in [4.69, 9.17) is 0 Å². The largest absolute Gasteiger partial charge is 1.00 e. The van der Waals surface area contributed by atoms with E-state index in [9.17, 15) is 0 Å². The van der Waals surface area contributed by atoms with Crippen LogP contribution in [0.15, 0.2) is 0 Å². The average molecular weight is 168 g/mol. The van der Waals surface area contributed by atoms with Gasteiger partial charge in [-0.2, -0.15) is 0 Å². The molecule has 0 aliphatic rings. The predicted molar refractivity (Wildman–Crippen MR) is 19.6 cm³/mol. The molecule has 0 aliphatic heterocycles. The summed E-state index contributed by atoms with van der Waals surface area (Å²) in [5, 5.41) is 0. The first-order chi connectivity index (χ1) is 2.77. The fraction of sp³-hybridized carbons (Fsp3) is 1.00. The monoisotopic (exact) mass is 168 g/mol. The minimum absolute atomic E-state index is 0.